The van der Waals surface area contributed by atoms with Crippen LogP contribution in [-0.4, -0.2) is 32.8 Å². The average molecular weight is 251 g/mol. The third-order valence-electron chi connectivity index (χ3n) is 3.51. The summed E-state index contributed by atoms with van der Waals surface area (Å²) in [6, 6.07) is 8.35. The van der Waals surface area contributed by atoms with E-state index in [0.29, 0.717) is 5.67 Å². The second-order valence-corrected chi connectivity index (χ2v) is 11.4. The molecule has 0 saturated heterocycles. The van der Waals surface area contributed by atoms with Crippen LogP contribution in [0.2, 0.25) is 19.6 Å². The van der Waals surface area contributed by atoms with E-state index in [1.165, 1.54) is 5.56 Å². The molecule has 0 aliphatic carbocycles. The van der Waals surface area contributed by atoms with E-state index < -0.39 is 8.07 Å². The van der Waals surface area contributed by atoms with Crippen LogP contribution in [0.25, 0.3) is 0 Å². The molecule has 2 nitrogen and oxygen atoms in total. The summed E-state index contributed by atoms with van der Waals surface area (Å²) in [7, 11) is 2.82. The number of methoxy groups -OCH3 is 1. The van der Waals surface area contributed by atoms with Crippen LogP contribution in [0.4, 0.5) is 0 Å². The number of hydrogen-bond acceptors (Lipinski definition) is 2. The van der Waals surface area contributed by atoms with E-state index >= 15 is 0 Å². The highest BCUT2D eigenvalue weighted by molar-refractivity contribution is 6.77. The van der Waals surface area contributed by atoms with Gasteiger partial charge in [0, 0.05) is 12.2 Å². The van der Waals surface area contributed by atoms with Gasteiger partial charge < -0.3 is 9.64 Å². The minimum Gasteiger partial charge on any atom is -0.497 e. The van der Waals surface area contributed by atoms with Gasteiger partial charge in [0.15, 0.2) is 0 Å². The Bertz CT molecular complexity index is 342. The SMILES string of the molecule is COc1ccc(CN(C)C(C)[Si](C)(C)C)cc1. The zero-order valence-corrected chi connectivity index (χ0v) is 12.9. The molecule has 1 aromatic rings. The van der Waals surface area contributed by atoms with Crippen molar-refractivity contribution in [3.63, 3.8) is 0 Å². The lowest BCUT2D eigenvalue weighted by molar-refractivity contribution is 0.305. The molecule has 17 heavy (non-hydrogen) atoms. The summed E-state index contributed by atoms with van der Waals surface area (Å²) in [5.41, 5.74) is 2.03. The van der Waals surface area contributed by atoms with E-state index in [2.05, 4.69) is 50.6 Å². The molecular weight excluding hydrogens is 226 g/mol. The molecule has 0 N–H and O–H groups in total. The van der Waals surface area contributed by atoms with Crippen LogP contribution >= 0.6 is 0 Å². The van der Waals surface area contributed by atoms with Gasteiger partial charge in [-0.1, -0.05) is 38.7 Å². The Labute approximate surface area is 107 Å². The summed E-state index contributed by atoms with van der Waals surface area (Å²) in [5, 5.41) is 0. The first-order valence-corrected chi connectivity index (χ1v) is 9.75. The fourth-order valence-corrected chi connectivity index (χ4v) is 3.23. The topological polar surface area (TPSA) is 12.5 Å². The summed E-state index contributed by atoms with van der Waals surface area (Å²) in [4.78, 5) is 2.45. The summed E-state index contributed by atoms with van der Waals surface area (Å²) in [6.07, 6.45) is 0. The molecule has 1 unspecified atom stereocenters. The smallest absolute Gasteiger partial charge is 0.118 e. The Hall–Kier alpha value is -0.803. The Morgan fingerprint density at radius 3 is 2.12 bits per heavy atom. The molecule has 1 atom stereocenters. The lowest BCUT2D eigenvalue weighted by Crippen LogP contribution is -2.47. The van der Waals surface area contributed by atoms with E-state index in [1.807, 2.05) is 12.1 Å². The van der Waals surface area contributed by atoms with E-state index in [4.69, 9.17) is 4.74 Å². The van der Waals surface area contributed by atoms with Crippen molar-refractivity contribution in [2.45, 2.75) is 38.8 Å². The fraction of sp³-hybridized carbons (Fsp3) is 0.571. The predicted octanol–water partition coefficient (Wildman–Crippen LogP) is 3.39. The van der Waals surface area contributed by atoms with E-state index in [0.717, 1.165) is 12.3 Å². The monoisotopic (exact) mass is 251 g/mol. The van der Waals surface area contributed by atoms with Gasteiger partial charge in [-0.05, 0) is 24.7 Å². The summed E-state index contributed by atoms with van der Waals surface area (Å²) in [6.45, 7) is 10.6. The van der Waals surface area contributed by atoms with Crippen LogP contribution in [0.1, 0.15) is 12.5 Å². The zero-order valence-electron chi connectivity index (χ0n) is 11.9. The lowest BCUT2D eigenvalue weighted by atomic mass is 10.2. The fourth-order valence-electron chi connectivity index (χ4n) is 1.82. The van der Waals surface area contributed by atoms with Crippen molar-refractivity contribution < 1.29 is 4.74 Å². The first-order valence-electron chi connectivity index (χ1n) is 6.17. The van der Waals surface area contributed by atoms with Crippen LogP contribution in [0.15, 0.2) is 24.3 Å². The molecule has 0 spiro atoms. The van der Waals surface area contributed by atoms with Crippen molar-refractivity contribution in [2.75, 3.05) is 14.2 Å². The average Bonchev–Trinajstić information content (AvgIpc) is 2.27. The molecule has 0 saturated carbocycles. The Morgan fingerprint density at radius 2 is 1.71 bits per heavy atom. The maximum absolute atomic E-state index is 5.17. The minimum absolute atomic E-state index is 0.685. The van der Waals surface area contributed by atoms with Crippen molar-refractivity contribution in [1.29, 1.82) is 0 Å². The van der Waals surface area contributed by atoms with Crippen molar-refractivity contribution in [1.82, 2.24) is 4.90 Å². The normalized spacial score (nSPS) is 13.8. The Kier molecular flexibility index (Phi) is 4.77. The van der Waals surface area contributed by atoms with Crippen LogP contribution in [-0.2, 0) is 6.54 Å². The van der Waals surface area contributed by atoms with Crippen molar-refractivity contribution in [3.8, 4) is 5.75 Å². The predicted molar refractivity (Wildman–Crippen MR) is 77.3 cm³/mol. The largest absolute Gasteiger partial charge is 0.497 e. The molecule has 1 rings (SSSR count). The summed E-state index contributed by atoms with van der Waals surface area (Å²) in [5.74, 6) is 0.926. The van der Waals surface area contributed by atoms with Crippen molar-refractivity contribution >= 4 is 8.07 Å². The Morgan fingerprint density at radius 1 is 1.18 bits per heavy atom. The maximum atomic E-state index is 5.17. The minimum atomic E-state index is -1.09. The van der Waals surface area contributed by atoms with E-state index in [1.54, 1.807) is 7.11 Å². The first-order chi connectivity index (χ1) is 7.84. The number of nitrogens with zero attached hydrogens (tertiary/aromatic N) is 1. The molecular formula is C14H25NOSi. The first kappa shape index (κ1) is 14.3. The molecule has 0 amide bonds. The van der Waals surface area contributed by atoms with E-state index in [-0.39, 0.29) is 0 Å². The van der Waals surface area contributed by atoms with Crippen molar-refractivity contribution in [3.05, 3.63) is 29.8 Å². The van der Waals surface area contributed by atoms with Gasteiger partial charge in [0.25, 0.3) is 0 Å². The second kappa shape index (κ2) is 5.69. The molecule has 96 valence electrons. The Balaban J connectivity index is 2.64. The highest BCUT2D eigenvalue weighted by Crippen LogP contribution is 2.17. The van der Waals surface area contributed by atoms with Gasteiger partial charge in [0.1, 0.15) is 5.75 Å². The molecule has 1 aromatic carbocycles. The third-order valence-corrected chi connectivity index (χ3v) is 6.45. The quantitative estimate of drug-likeness (QED) is 0.744. The second-order valence-electron chi connectivity index (χ2n) is 5.81. The van der Waals surface area contributed by atoms with Crippen LogP contribution in [0.3, 0.4) is 0 Å². The molecule has 0 bridgehead atoms. The van der Waals surface area contributed by atoms with Crippen LogP contribution in [0, 0.1) is 0 Å². The van der Waals surface area contributed by atoms with Gasteiger partial charge in [-0.2, -0.15) is 0 Å². The lowest BCUT2D eigenvalue weighted by Gasteiger charge is -2.34. The molecule has 0 aliphatic heterocycles. The number of ether oxygens (including phenoxy) is 1. The van der Waals surface area contributed by atoms with Crippen LogP contribution < -0.4 is 4.74 Å². The van der Waals surface area contributed by atoms with Gasteiger partial charge >= 0.3 is 0 Å². The van der Waals surface area contributed by atoms with Gasteiger partial charge in [0.2, 0.25) is 0 Å². The van der Waals surface area contributed by atoms with Crippen LogP contribution in [0.5, 0.6) is 5.75 Å². The zero-order chi connectivity index (χ0) is 13.1. The van der Waals surface area contributed by atoms with Gasteiger partial charge in [0.05, 0.1) is 15.2 Å². The number of benzene rings is 1. The van der Waals surface area contributed by atoms with Crippen molar-refractivity contribution in [2.24, 2.45) is 0 Å². The van der Waals surface area contributed by atoms with E-state index in [9.17, 15) is 0 Å². The standard InChI is InChI=1S/C14H25NOSi/c1-12(17(4,5)6)15(2)11-13-7-9-14(16-3)10-8-13/h7-10,12H,11H2,1-6H3. The van der Waals surface area contributed by atoms with Gasteiger partial charge in [-0.15, -0.1) is 0 Å². The molecule has 0 aromatic heterocycles. The molecule has 3 heteroatoms. The third kappa shape index (κ3) is 4.17. The molecule has 0 aliphatic rings. The number of hydrogen-bond donors (Lipinski definition) is 0. The van der Waals surface area contributed by atoms with Gasteiger partial charge in [-0.3, -0.25) is 0 Å². The maximum Gasteiger partial charge on any atom is 0.118 e. The molecule has 0 radical (unpaired) electrons. The molecule has 0 heterocycles. The highest BCUT2D eigenvalue weighted by atomic mass is 28.3. The molecule has 0 fully saturated rings. The number of rotatable bonds is 5. The summed E-state index contributed by atoms with van der Waals surface area (Å²) >= 11 is 0. The highest BCUT2D eigenvalue weighted by Gasteiger charge is 2.25. The van der Waals surface area contributed by atoms with Gasteiger partial charge in [-0.25, -0.2) is 0 Å². The summed E-state index contributed by atoms with van der Waals surface area (Å²) < 4.78 is 5.17.